The van der Waals surface area contributed by atoms with E-state index in [-0.39, 0.29) is 12.0 Å². The lowest BCUT2D eigenvalue weighted by atomic mass is 9.87. The first-order valence-corrected chi connectivity index (χ1v) is 6.78. The highest BCUT2D eigenvalue weighted by atomic mass is 16.5. The fourth-order valence-electron chi connectivity index (χ4n) is 2.29. The van der Waals surface area contributed by atoms with E-state index in [1.165, 1.54) is 5.56 Å². The molecule has 19 heavy (non-hydrogen) atoms. The molecule has 0 unspecified atom stereocenters. The topological polar surface area (TPSA) is 50.7 Å². The van der Waals surface area contributed by atoms with Crippen molar-refractivity contribution in [1.29, 1.82) is 0 Å². The van der Waals surface area contributed by atoms with Crippen LogP contribution in [0.2, 0.25) is 0 Å². The summed E-state index contributed by atoms with van der Waals surface area (Å²) in [5.41, 5.74) is 2.38. The highest BCUT2D eigenvalue weighted by Gasteiger charge is 2.37. The molecule has 0 bridgehead atoms. The van der Waals surface area contributed by atoms with Crippen LogP contribution in [0.1, 0.15) is 18.1 Å². The Labute approximate surface area is 114 Å². The number of aliphatic hydroxyl groups is 1. The third-order valence-corrected chi connectivity index (χ3v) is 3.72. The van der Waals surface area contributed by atoms with Gasteiger partial charge in [0.1, 0.15) is 5.75 Å². The van der Waals surface area contributed by atoms with Crippen molar-refractivity contribution in [3.8, 4) is 5.75 Å². The van der Waals surface area contributed by atoms with Gasteiger partial charge in [0, 0.05) is 18.7 Å². The monoisotopic (exact) mass is 265 g/mol. The molecule has 0 aromatic heterocycles. The minimum absolute atomic E-state index is 0.0877. The second kappa shape index (κ2) is 6.37. The summed E-state index contributed by atoms with van der Waals surface area (Å²) >= 11 is 0. The van der Waals surface area contributed by atoms with Gasteiger partial charge in [-0.15, -0.1) is 0 Å². The summed E-state index contributed by atoms with van der Waals surface area (Å²) in [4.78, 5) is 0. The van der Waals surface area contributed by atoms with Gasteiger partial charge in [-0.3, -0.25) is 0 Å². The standard InChI is InChI=1S/C15H23NO3/c1-3-12-4-5-14(18-2)13(6-12)7-16-8-15(9-17)10-19-11-15/h4-6,16-17H,3,7-11H2,1-2H3. The molecule has 0 spiro atoms. The van der Waals surface area contributed by atoms with Crippen LogP contribution < -0.4 is 10.1 Å². The number of rotatable bonds is 7. The van der Waals surface area contributed by atoms with E-state index in [0.717, 1.165) is 30.8 Å². The van der Waals surface area contributed by atoms with Crippen LogP contribution in [0.4, 0.5) is 0 Å². The van der Waals surface area contributed by atoms with Crippen LogP contribution in [0.15, 0.2) is 18.2 Å². The van der Waals surface area contributed by atoms with E-state index in [0.29, 0.717) is 13.2 Å². The summed E-state index contributed by atoms with van der Waals surface area (Å²) in [7, 11) is 1.69. The molecule has 1 aliphatic heterocycles. The van der Waals surface area contributed by atoms with Gasteiger partial charge in [0.05, 0.1) is 32.3 Å². The van der Waals surface area contributed by atoms with Gasteiger partial charge in [-0.2, -0.15) is 0 Å². The molecule has 0 saturated carbocycles. The van der Waals surface area contributed by atoms with E-state index in [4.69, 9.17) is 9.47 Å². The molecule has 1 fully saturated rings. The van der Waals surface area contributed by atoms with E-state index in [1.54, 1.807) is 7.11 Å². The molecule has 1 saturated heterocycles. The smallest absolute Gasteiger partial charge is 0.123 e. The SMILES string of the molecule is CCc1ccc(OC)c(CNCC2(CO)COC2)c1. The second-order valence-electron chi connectivity index (χ2n) is 5.25. The lowest BCUT2D eigenvalue weighted by molar-refractivity contribution is -0.134. The van der Waals surface area contributed by atoms with Crippen LogP contribution in [0.3, 0.4) is 0 Å². The molecule has 0 atom stereocenters. The first-order chi connectivity index (χ1) is 9.23. The molecule has 0 aliphatic carbocycles. The largest absolute Gasteiger partial charge is 0.496 e. The molecule has 1 aliphatic rings. The van der Waals surface area contributed by atoms with Crippen LogP contribution in [0.25, 0.3) is 0 Å². The predicted octanol–water partition coefficient (Wildman–Crippen LogP) is 1.36. The number of hydrogen-bond donors (Lipinski definition) is 2. The lowest BCUT2D eigenvalue weighted by Gasteiger charge is -2.40. The molecule has 1 aromatic rings. The molecule has 4 heteroatoms. The Bertz CT molecular complexity index is 410. The second-order valence-corrected chi connectivity index (χ2v) is 5.25. The Hall–Kier alpha value is -1.10. The summed E-state index contributed by atoms with van der Waals surface area (Å²) in [6.45, 7) is 5.12. The lowest BCUT2D eigenvalue weighted by Crippen LogP contribution is -2.52. The first kappa shape index (κ1) is 14.3. The van der Waals surface area contributed by atoms with Crippen LogP contribution in [0, 0.1) is 5.41 Å². The molecular weight excluding hydrogens is 242 g/mol. The summed E-state index contributed by atoms with van der Waals surface area (Å²) in [6, 6.07) is 6.29. The third kappa shape index (κ3) is 3.26. The average molecular weight is 265 g/mol. The van der Waals surface area contributed by atoms with Crippen molar-refractivity contribution < 1.29 is 14.6 Å². The zero-order chi connectivity index (χ0) is 13.7. The Morgan fingerprint density at radius 2 is 2.21 bits per heavy atom. The third-order valence-electron chi connectivity index (χ3n) is 3.72. The van der Waals surface area contributed by atoms with E-state index >= 15 is 0 Å². The molecule has 1 heterocycles. The fourth-order valence-corrected chi connectivity index (χ4v) is 2.29. The minimum atomic E-state index is -0.0877. The summed E-state index contributed by atoms with van der Waals surface area (Å²) < 4.78 is 10.6. The first-order valence-electron chi connectivity index (χ1n) is 6.78. The molecule has 2 N–H and O–H groups in total. The van der Waals surface area contributed by atoms with Gasteiger partial charge >= 0.3 is 0 Å². The zero-order valence-corrected chi connectivity index (χ0v) is 11.7. The molecule has 0 amide bonds. The molecule has 106 valence electrons. The maximum atomic E-state index is 9.37. The molecular formula is C15H23NO3. The number of ether oxygens (including phenoxy) is 2. The quantitative estimate of drug-likeness (QED) is 0.781. The van der Waals surface area contributed by atoms with Crippen molar-refractivity contribution in [2.75, 3.05) is 33.5 Å². The van der Waals surface area contributed by atoms with Crippen molar-refractivity contribution in [2.24, 2.45) is 5.41 Å². The van der Waals surface area contributed by atoms with Crippen molar-refractivity contribution in [3.05, 3.63) is 29.3 Å². The van der Waals surface area contributed by atoms with Crippen molar-refractivity contribution in [1.82, 2.24) is 5.32 Å². The Balaban J connectivity index is 1.94. The highest BCUT2D eigenvalue weighted by Crippen LogP contribution is 2.26. The van der Waals surface area contributed by atoms with E-state index in [2.05, 4.69) is 24.4 Å². The minimum Gasteiger partial charge on any atom is -0.496 e. The Kier molecular flexibility index (Phi) is 4.80. The van der Waals surface area contributed by atoms with Gasteiger partial charge in [-0.05, 0) is 18.1 Å². The van der Waals surface area contributed by atoms with Crippen molar-refractivity contribution in [3.63, 3.8) is 0 Å². The highest BCUT2D eigenvalue weighted by molar-refractivity contribution is 5.37. The molecule has 1 aromatic carbocycles. The Morgan fingerprint density at radius 3 is 2.74 bits per heavy atom. The average Bonchev–Trinajstić information content (AvgIpc) is 2.41. The van der Waals surface area contributed by atoms with Crippen LogP contribution in [0.5, 0.6) is 5.75 Å². The predicted molar refractivity (Wildman–Crippen MR) is 74.4 cm³/mol. The van der Waals surface area contributed by atoms with Crippen LogP contribution in [-0.2, 0) is 17.7 Å². The molecule has 2 rings (SSSR count). The van der Waals surface area contributed by atoms with Gasteiger partial charge in [0.15, 0.2) is 0 Å². The zero-order valence-electron chi connectivity index (χ0n) is 11.7. The van der Waals surface area contributed by atoms with Crippen LogP contribution in [-0.4, -0.2) is 38.6 Å². The number of benzene rings is 1. The van der Waals surface area contributed by atoms with Gasteiger partial charge in [-0.1, -0.05) is 19.1 Å². The number of aliphatic hydroxyl groups excluding tert-OH is 1. The Morgan fingerprint density at radius 1 is 1.42 bits per heavy atom. The fraction of sp³-hybridized carbons (Fsp3) is 0.600. The number of nitrogens with one attached hydrogen (secondary N) is 1. The summed E-state index contributed by atoms with van der Waals surface area (Å²) in [5, 5.41) is 12.8. The summed E-state index contributed by atoms with van der Waals surface area (Å²) in [5.74, 6) is 0.910. The van der Waals surface area contributed by atoms with Gasteiger partial charge in [0.2, 0.25) is 0 Å². The van der Waals surface area contributed by atoms with Gasteiger partial charge in [0.25, 0.3) is 0 Å². The van der Waals surface area contributed by atoms with Gasteiger partial charge < -0.3 is 19.9 Å². The van der Waals surface area contributed by atoms with Crippen molar-refractivity contribution in [2.45, 2.75) is 19.9 Å². The number of hydrogen-bond acceptors (Lipinski definition) is 4. The molecule has 4 nitrogen and oxygen atoms in total. The van der Waals surface area contributed by atoms with E-state index in [1.807, 2.05) is 6.07 Å². The number of aryl methyl sites for hydroxylation is 1. The number of methoxy groups -OCH3 is 1. The maximum absolute atomic E-state index is 9.37. The van der Waals surface area contributed by atoms with Gasteiger partial charge in [-0.25, -0.2) is 0 Å². The van der Waals surface area contributed by atoms with E-state index in [9.17, 15) is 5.11 Å². The normalized spacial score (nSPS) is 17.0. The van der Waals surface area contributed by atoms with Crippen LogP contribution >= 0.6 is 0 Å². The summed E-state index contributed by atoms with van der Waals surface area (Å²) in [6.07, 6.45) is 1.02. The van der Waals surface area contributed by atoms with E-state index < -0.39 is 0 Å². The maximum Gasteiger partial charge on any atom is 0.123 e. The van der Waals surface area contributed by atoms with Crippen molar-refractivity contribution >= 4 is 0 Å². The molecule has 0 radical (unpaired) electrons.